The molecule has 2 saturated heterocycles. The van der Waals surface area contributed by atoms with Crippen LogP contribution in [0.1, 0.15) is 27.2 Å². The summed E-state index contributed by atoms with van der Waals surface area (Å²) in [6, 6.07) is 0.341. The highest BCUT2D eigenvalue weighted by Gasteiger charge is 2.34. The molecule has 5 heteroatoms. The fraction of sp³-hybridized carbons (Fsp3) is 0.923. The number of amides is 1. The number of carbonyl (C=O) groups excluding carboxylic acids is 1. The Balaban J connectivity index is 1.91. The molecule has 2 fully saturated rings. The largest absolute Gasteiger partial charge is 0.444 e. The molecule has 2 aliphatic heterocycles. The Hall–Kier alpha value is -0.810. The molecule has 0 aromatic rings. The highest BCUT2D eigenvalue weighted by Crippen LogP contribution is 2.21. The highest BCUT2D eigenvalue weighted by molar-refractivity contribution is 5.68. The van der Waals surface area contributed by atoms with Crippen molar-refractivity contribution < 1.29 is 14.3 Å². The number of ether oxygens (including phenoxy) is 2. The Labute approximate surface area is 109 Å². The van der Waals surface area contributed by atoms with Crippen molar-refractivity contribution in [3.05, 3.63) is 0 Å². The molecule has 0 unspecified atom stereocenters. The average molecular weight is 256 g/mol. The first kappa shape index (κ1) is 13.6. The Bertz CT molecular complexity index is 301. The molecule has 0 aliphatic carbocycles. The summed E-state index contributed by atoms with van der Waals surface area (Å²) in [5.74, 6) is 0.520. The van der Waals surface area contributed by atoms with Crippen LogP contribution >= 0.6 is 0 Å². The molecule has 2 rings (SSSR count). The van der Waals surface area contributed by atoms with Crippen molar-refractivity contribution in [1.29, 1.82) is 0 Å². The van der Waals surface area contributed by atoms with Gasteiger partial charge in [0.25, 0.3) is 0 Å². The van der Waals surface area contributed by atoms with Gasteiger partial charge in [-0.25, -0.2) is 4.79 Å². The van der Waals surface area contributed by atoms with Gasteiger partial charge in [-0.3, -0.25) is 0 Å². The lowest BCUT2D eigenvalue weighted by molar-refractivity contribution is 0.0104. The SMILES string of the molecule is CC(C)(C)OC(=O)N1CC[C@H]2COCCN[C@H]2C1. The minimum atomic E-state index is -0.423. The monoisotopic (exact) mass is 256 g/mol. The third-order valence-electron chi connectivity index (χ3n) is 3.39. The summed E-state index contributed by atoms with van der Waals surface area (Å²) in [5.41, 5.74) is -0.423. The third-order valence-corrected chi connectivity index (χ3v) is 3.39. The van der Waals surface area contributed by atoms with E-state index >= 15 is 0 Å². The van der Waals surface area contributed by atoms with Gasteiger partial charge in [0.15, 0.2) is 0 Å². The molecule has 0 bridgehead atoms. The topological polar surface area (TPSA) is 50.8 Å². The predicted molar refractivity (Wildman–Crippen MR) is 68.5 cm³/mol. The molecule has 2 heterocycles. The van der Waals surface area contributed by atoms with Gasteiger partial charge in [-0.2, -0.15) is 0 Å². The van der Waals surface area contributed by atoms with Crippen LogP contribution in [0.4, 0.5) is 4.79 Å². The van der Waals surface area contributed by atoms with Gasteiger partial charge in [0.1, 0.15) is 5.60 Å². The molecule has 0 aromatic carbocycles. The van der Waals surface area contributed by atoms with E-state index in [1.54, 1.807) is 0 Å². The molecule has 1 amide bonds. The fourth-order valence-electron chi connectivity index (χ4n) is 2.47. The van der Waals surface area contributed by atoms with E-state index in [0.717, 1.165) is 39.3 Å². The van der Waals surface area contributed by atoms with Gasteiger partial charge < -0.3 is 19.7 Å². The lowest BCUT2D eigenvalue weighted by Crippen LogP contribution is -2.53. The molecule has 2 aliphatic rings. The van der Waals surface area contributed by atoms with Gasteiger partial charge in [0.2, 0.25) is 0 Å². The van der Waals surface area contributed by atoms with Gasteiger partial charge in [-0.1, -0.05) is 0 Å². The standard InChI is InChI=1S/C13H24N2O3/c1-13(2,3)18-12(16)15-6-4-10-9-17-7-5-14-11(10)8-15/h10-11,14H,4-9H2,1-3H3/t10-,11-/m0/s1. The second-order valence-electron chi connectivity index (χ2n) is 6.11. The van der Waals surface area contributed by atoms with Crippen LogP contribution in [0.5, 0.6) is 0 Å². The lowest BCUT2D eigenvalue weighted by Gasteiger charge is -2.38. The molecule has 104 valence electrons. The number of rotatable bonds is 0. The average Bonchev–Trinajstić information content (AvgIpc) is 2.50. The van der Waals surface area contributed by atoms with Crippen LogP contribution in [0.25, 0.3) is 0 Å². The van der Waals surface area contributed by atoms with Crippen molar-refractivity contribution in [2.24, 2.45) is 5.92 Å². The first-order chi connectivity index (χ1) is 8.46. The van der Waals surface area contributed by atoms with Crippen molar-refractivity contribution in [1.82, 2.24) is 10.2 Å². The molecular weight excluding hydrogens is 232 g/mol. The zero-order chi connectivity index (χ0) is 13.2. The molecule has 0 saturated carbocycles. The van der Waals surface area contributed by atoms with E-state index in [2.05, 4.69) is 5.32 Å². The van der Waals surface area contributed by atoms with E-state index < -0.39 is 5.60 Å². The van der Waals surface area contributed by atoms with E-state index in [1.807, 2.05) is 25.7 Å². The summed E-state index contributed by atoms with van der Waals surface area (Å²) < 4.78 is 11.0. The van der Waals surface area contributed by atoms with Gasteiger partial charge >= 0.3 is 6.09 Å². The summed E-state index contributed by atoms with van der Waals surface area (Å²) in [6.45, 7) is 9.62. The van der Waals surface area contributed by atoms with Crippen molar-refractivity contribution in [3.8, 4) is 0 Å². The van der Waals surface area contributed by atoms with Crippen molar-refractivity contribution in [2.45, 2.75) is 38.8 Å². The summed E-state index contributed by atoms with van der Waals surface area (Å²) in [6.07, 6.45) is 0.782. The number of hydrogen-bond donors (Lipinski definition) is 1. The summed E-state index contributed by atoms with van der Waals surface area (Å²) in [5, 5.41) is 3.46. The number of likely N-dealkylation sites (tertiary alicyclic amines) is 1. The minimum Gasteiger partial charge on any atom is -0.444 e. The first-order valence-electron chi connectivity index (χ1n) is 6.75. The lowest BCUT2D eigenvalue weighted by atomic mass is 9.93. The summed E-state index contributed by atoms with van der Waals surface area (Å²) in [7, 11) is 0. The number of hydrogen-bond acceptors (Lipinski definition) is 4. The van der Waals surface area contributed by atoms with E-state index in [1.165, 1.54) is 0 Å². The molecule has 0 radical (unpaired) electrons. The van der Waals surface area contributed by atoms with Crippen molar-refractivity contribution >= 4 is 6.09 Å². The molecule has 18 heavy (non-hydrogen) atoms. The van der Waals surface area contributed by atoms with Crippen LogP contribution in [0.3, 0.4) is 0 Å². The second kappa shape index (κ2) is 5.45. The maximum atomic E-state index is 12.0. The number of nitrogens with zero attached hydrogens (tertiary/aromatic N) is 1. The molecule has 5 nitrogen and oxygen atoms in total. The quantitative estimate of drug-likeness (QED) is 0.708. The second-order valence-corrected chi connectivity index (χ2v) is 6.11. The summed E-state index contributed by atoms with van der Waals surface area (Å²) >= 11 is 0. The van der Waals surface area contributed by atoms with Gasteiger partial charge in [-0.15, -0.1) is 0 Å². The van der Waals surface area contributed by atoms with Gasteiger partial charge in [0, 0.05) is 31.6 Å². The number of fused-ring (bicyclic) bond motifs is 1. The Morgan fingerprint density at radius 3 is 2.94 bits per heavy atom. The van der Waals surface area contributed by atoms with Crippen LogP contribution in [0, 0.1) is 5.92 Å². The predicted octanol–water partition coefficient (Wildman–Crippen LogP) is 1.23. The maximum absolute atomic E-state index is 12.0. The minimum absolute atomic E-state index is 0.201. The number of piperidine rings is 1. The molecule has 0 spiro atoms. The van der Waals surface area contributed by atoms with E-state index in [0.29, 0.717) is 12.0 Å². The third kappa shape index (κ3) is 3.59. The van der Waals surface area contributed by atoms with Crippen LogP contribution in [0.15, 0.2) is 0 Å². The zero-order valence-corrected chi connectivity index (χ0v) is 11.6. The van der Waals surface area contributed by atoms with E-state index in [4.69, 9.17) is 9.47 Å². The van der Waals surface area contributed by atoms with Crippen LogP contribution in [-0.4, -0.2) is 55.5 Å². The van der Waals surface area contributed by atoms with Gasteiger partial charge in [-0.05, 0) is 27.2 Å². The van der Waals surface area contributed by atoms with E-state index in [-0.39, 0.29) is 6.09 Å². The molecule has 2 atom stereocenters. The van der Waals surface area contributed by atoms with Crippen LogP contribution in [-0.2, 0) is 9.47 Å². The van der Waals surface area contributed by atoms with Crippen molar-refractivity contribution in [3.63, 3.8) is 0 Å². The van der Waals surface area contributed by atoms with Gasteiger partial charge in [0.05, 0.1) is 13.2 Å². The molecular formula is C13H24N2O3. The van der Waals surface area contributed by atoms with E-state index in [9.17, 15) is 4.79 Å². The molecule has 1 N–H and O–H groups in total. The first-order valence-corrected chi connectivity index (χ1v) is 6.75. The maximum Gasteiger partial charge on any atom is 0.410 e. The highest BCUT2D eigenvalue weighted by atomic mass is 16.6. The number of carbonyl (C=O) groups is 1. The van der Waals surface area contributed by atoms with Crippen LogP contribution < -0.4 is 5.32 Å². The smallest absolute Gasteiger partial charge is 0.410 e. The summed E-state index contributed by atoms with van der Waals surface area (Å²) in [4.78, 5) is 13.8. The Kier molecular flexibility index (Phi) is 4.12. The normalized spacial score (nSPS) is 29.4. The van der Waals surface area contributed by atoms with Crippen molar-refractivity contribution in [2.75, 3.05) is 32.8 Å². The number of nitrogens with one attached hydrogen (secondary N) is 1. The zero-order valence-electron chi connectivity index (χ0n) is 11.6. The molecule has 0 aromatic heterocycles. The fourth-order valence-corrected chi connectivity index (χ4v) is 2.47. The van der Waals surface area contributed by atoms with Crippen LogP contribution in [0.2, 0.25) is 0 Å². The Morgan fingerprint density at radius 1 is 1.44 bits per heavy atom. The Morgan fingerprint density at radius 2 is 2.22 bits per heavy atom.